The molecule has 1 aromatic carbocycles. The van der Waals surface area contributed by atoms with E-state index in [-0.39, 0.29) is 5.91 Å². The molecule has 1 aliphatic rings. The molecule has 0 spiro atoms. The molecule has 1 heterocycles. The Kier molecular flexibility index (Phi) is 6.02. The second-order valence-corrected chi connectivity index (χ2v) is 5.24. The van der Waals surface area contributed by atoms with Gasteiger partial charge in [-0.05, 0) is 24.3 Å². The molecule has 0 aromatic heterocycles. The number of nitrogens with one attached hydrogen (secondary N) is 1. The lowest BCUT2D eigenvalue weighted by Gasteiger charge is -2.32. The molecule has 0 radical (unpaired) electrons. The lowest BCUT2D eigenvalue weighted by atomic mass is 9.89. The molecule has 1 saturated heterocycles. The van der Waals surface area contributed by atoms with Gasteiger partial charge in [0, 0.05) is 26.7 Å². The van der Waals surface area contributed by atoms with Gasteiger partial charge in [-0.2, -0.15) is 0 Å². The summed E-state index contributed by atoms with van der Waals surface area (Å²) in [6.07, 6.45) is 2.13. The Morgan fingerprint density at radius 1 is 1.30 bits per heavy atom. The standard InChI is InChI=1S/C16H24N2O2/c1-20-12-9-17-13-16(19)18-10-7-15(8-11-18)14-5-3-2-4-6-14/h2-6,15,17H,7-13H2,1H3. The lowest BCUT2D eigenvalue weighted by Crippen LogP contribution is -2.43. The zero-order valence-electron chi connectivity index (χ0n) is 12.2. The van der Waals surface area contributed by atoms with Gasteiger partial charge < -0.3 is 15.0 Å². The second-order valence-electron chi connectivity index (χ2n) is 5.24. The minimum absolute atomic E-state index is 0.201. The number of likely N-dealkylation sites (tertiary alicyclic amines) is 1. The molecule has 0 atom stereocenters. The van der Waals surface area contributed by atoms with Gasteiger partial charge in [0.1, 0.15) is 0 Å². The van der Waals surface area contributed by atoms with Crippen LogP contribution in [0.25, 0.3) is 0 Å². The zero-order valence-corrected chi connectivity index (χ0v) is 12.2. The van der Waals surface area contributed by atoms with Gasteiger partial charge in [-0.1, -0.05) is 30.3 Å². The van der Waals surface area contributed by atoms with Crippen LogP contribution < -0.4 is 5.32 Å². The van der Waals surface area contributed by atoms with E-state index in [2.05, 4.69) is 29.6 Å². The van der Waals surface area contributed by atoms with Crippen LogP contribution in [0.15, 0.2) is 30.3 Å². The van der Waals surface area contributed by atoms with Crippen LogP contribution in [0.1, 0.15) is 24.3 Å². The predicted octanol–water partition coefficient (Wildman–Crippen LogP) is 1.63. The summed E-state index contributed by atoms with van der Waals surface area (Å²) < 4.78 is 4.94. The van der Waals surface area contributed by atoms with E-state index in [0.717, 1.165) is 32.5 Å². The lowest BCUT2D eigenvalue weighted by molar-refractivity contribution is -0.131. The molecule has 1 N–H and O–H groups in total. The smallest absolute Gasteiger partial charge is 0.236 e. The average Bonchev–Trinajstić information content (AvgIpc) is 2.52. The van der Waals surface area contributed by atoms with Gasteiger partial charge in [0.25, 0.3) is 0 Å². The summed E-state index contributed by atoms with van der Waals surface area (Å²) in [5, 5.41) is 3.11. The highest BCUT2D eigenvalue weighted by molar-refractivity contribution is 5.78. The Balaban J connectivity index is 1.72. The first kappa shape index (κ1) is 15.0. The fourth-order valence-corrected chi connectivity index (χ4v) is 2.67. The van der Waals surface area contributed by atoms with Crippen molar-refractivity contribution in [3.05, 3.63) is 35.9 Å². The maximum Gasteiger partial charge on any atom is 0.236 e. The van der Waals surface area contributed by atoms with Gasteiger partial charge in [0.15, 0.2) is 0 Å². The van der Waals surface area contributed by atoms with Crippen molar-refractivity contribution >= 4 is 5.91 Å². The SMILES string of the molecule is COCCNCC(=O)N1CCC(c2ccccc2)CC1. The third-order valence-corrected chi connectivity index (χ3v) is 3.88. The van der Waals surface area contributed by atoms with Crippen LogP contribution in [0, 0.1) is 0 Å². The highest BCUT2D eigenvalue weighted by Gasteiger charge is 2.23. The first-order valence-electron chi connectivity index (χ1n) is 7.33. The number of benzene rings is 1. The number of nitrogens with zero attached hydrogens (tertiary/aromatic N) is 1. The van der Waals surface area contributed by atoms with Gasteiger partial charge in [-0.3, -0.25) is 4.79 Å². The van der Waals surface area contributed by atoms with Crippen molar-refractivity contribution in [2.75, 3.05) is 39.9 Å². The van der Waals surface area contributed by atoms with Crippen LogP contribution in [0.3, 0.4) is 0 Å². The van der Waals surface area contributed by atoms with Crippen molar-refractivity contribution in [3.63, 3.8) is 0 Å². The first-order chi connectivity index (χ1) is 9.81. The van der Waals surface area contributed by atoms with Gasteiger partial charge in [0.05, 0.1) is 13.2 Å². The van der Waals surface area contributed by atoms with Crippen LogP contribution in [0.2, 0.25) is 0 Å². The van der Waals surface area contributed by atoms with Crippen LogP contribution in [-0.4, -0.2) is 50.7 Å². The van der Waals surface area contributed by atoms with E-state index in [1.807, 2.05) is 11.0 Å². The van der Waals surface area contributed by atoms with E-state index in [9.17, 15) is 4.79 Å². The summed E-state index contributed by atoms with van der Waals surface area (Å²) in [4.78, 5) is 14.0. The molecule has 4 heteroatoms. The highest BCUT2D eigenvalue weighted by Crippen LogP contribution is 2.27. The van der Waals surface area contributed by atoms with Crippen LogP contribution in [-0.2, 0) is 9.53 Å². The second kappa shape index (κ2) is 8.02. The molecule has 1 aromatic rings. The number of piperidine rings is 1. The van der Waals surface area contributed by atoms with Gasteiger partial charge in [-0.15, -0.1) is 0 Å². The van der Waals surface area contributed by atoms with Crippen molar-refractivity contribution in [1.82, 2.24) is 10.2 Å². The topological polar surface area (TPSA) is 41.6 Å². The molecule has 0 bridgehead atoms. The molecule has 110 valence electrons. The molecular formula is C16H24N2O2. The van der Waals surface area contributed by atoms with Crippen molar-refractivity contribution in [2.45, 2.75) is 18.8 Å². The van der Waals surface area contributed by atoms with Crippen molar-refractivity contribution < 1.29 is 9.53 Å². The third-order valence-electron chi connectivity index (χ3n) is 3.88. The number of rotatable bonds is 6. The van der Waals surface area contributed by atoms with E-state index in [4.69, 9.17) is 4.74 Å². The van der Waals surface area contributed by atoms with E-state index < -0.39 is 0 Å². The molecule has 1 aliphatic heterocycles. The molecule has 20 heavy (non-hydrogen) atoms. The normalized spacial score (nSPS) is 16.4. The summed E-state index contributed by atoms with van der Waals surface area (Å²) in [6.45, 7) is 3.51. The molecule has 0 unspecified atom stereocenters. The molecule has 1 fully saturated rings. The molecular weight excluding hydrogens is 252 g/mol. The maximum absolute atomic E-state index is 12.0. The molecule has 4 nitrogen and oxygen atoms in total. The summed E-state index contributed by atoms with van der Waals surface area (Å²) in [5.74, 6) is 0.800. The van der Waals surface area contributed by atoms with E-state index in [1.54, 1.807) is 7.11 Å². The predicted molar refractivity (Wildman–Crippen MR) is 79.7 cm³/mol. The fraction of sp³-hybridized carbons (Fsp3) is 0.562. The van der Waals surface area contributed by atoms with Gasteiger partial charge >= 0.3 is 0 Å². The third kappa shape index (κ3) is 4.32. The van der Waals surface area contributed by atoms with Crippen LogP contribution in [0.4, 0.5) is 0 Å². The van der Waals surface area contributed by atoms with E-state index in [1.165, 1.54) is 5.56 Å². The summed E-state index contributed by atoms with van der Waals surface area (Å²) in [6, 6.07) is 10.6. The zero-order chi connectivity index (χ0) is 14.2. The minimum atomic E-state index is 0.201. The number of ether oxygens (including phenoxy) is 1. The summed E-state index contributed by atoms with van der Waals surface area (Å²) in [5.41, 5.74) is 1.40. The minimum Gasteiger partial charge on any atom is -0.383 e. The average molecular weight is 276 g/mol. The first-order valence-corrected chi connectivity index (χ1v) is 7.33. The summed E-state index contributed by atoms with van der Waals surface area (Å²) >= 11 is 0. The monoisotopic (exact) mass is 276 g/mol. The Bertz CT molecular complexity index is 400. The molecule has 0 saturated carbocycles. The molecule has 1 amide bonds. The van der Waals surface area contributed by atoms with Crippen molar-refractivity contribution in [1.29, 1.82) is 0 Å². The number of amides is 1. The number of carbonyl (C=O) groups is 1. The van der Waals surface area contributed by atoms with Crippen LogP contribution in [0.5, 0.6) is 0 Å². The maximum atomic E-state index is 12.0. The Morgan fingerprint density at radius 2 is 2.00 bits per heavy atom. The van der Waals surface area contributed by atoms with Gasteiger partial charge in [-0.25, -0.2) is 0 Å². The van der Waals surface area contributed by atoms with Gasteiger partial charge in [0.2, 0.25) is 5.91 Å². The number of methoxy groups -OCH3 is 1. The Morgan fingerprint density at radius 3 is 2.65 bits per heavy atom. The van der Waals surface area contributed by atoms with Crippen molar-refractivity contribution in [3.8, 4) is 0 Å². The quantitative estimate of drug-likeness (QED) is 0.803. The number of hydrogen-bond acceptors (Lipinski definition) is 3. The Hall–Kier alpha value is -1.39. The molecule has 2 rings (SSSR count). The number of hydrogen-bond donors (Lipinski definition) is 1. The van der Waals surface area contributed by atoms with E-state index >= 15 is 0 Å². The van der Waals surface area contributed by atoms with Crippen LogP contribution >= 0.6 is 0 Å². The Labute approximate surface area is 121 Å². The van der Waals surface area contributed by atoms with Crippen molar-refractivity contribution in [2.24, 2.45) is 0 Å². The highest BCUT2D eigenvalue weighted by atomic mass is 16.5. The largest absolute Gasteiger partial charge is 0.383 e. The van der Waals surface area contributed by atoms with E-state index in [0.29, 0.717) is 19.1 Å². The molecule has 0 aliphatic carbocycles. The summed E-state index contributed by atoms with van der Waals surface area (Å²) in [7, 11) is 1.66. The number of carbonyl (C=O) groups excluding carboxylic acids is 1. The fourth-order valence-electron chi connectivity index (χ4n) is 2.67.